The maximum Gasteiger partial charge on any atom is 0.384 e. The van der Waals surface area contributed by atoms with Gasteiger partial charge in [0.25, 0.3) is 0 Å². The molecular formula is C12H12F16N2. The lowest BCUT2D eigenvalue weighted by atomic mass is 9.86. The topological polar surface area (TPSA) is 52.0 Å². The Bertz CT molecular complexity index is 547. The molecule has 0 unspecified atom stereocenters. The van der Waals surface area contributed by atoms with Gasteiger partial charge in [-0.15, -0.1) is 0 Å². The van der Waals surface area contributed by atoms with E-state index in [0.29, 0.717) is 0 Å². The van der Waals surface area contributed by atoms with E-state index in [1.54, 1.807) is 0 Å². The predicted octanol–water partition coefficient (Wildman–Crippen LogP) is 4.77. The van der Waals surface area contributed by atoms with Gasteiger partial charge in [0.05, 0.1) is 0 Å². The minimum atomic E-state index is -8.40. The van der Waals surface area contributed by atoms with E-state index >= 15 is 0 Å². The zero-order chi connectivity index (χ0) is 24.8. The second kappa shape index (κ2) is 7.74. The quantitative estimate of drug-likeness (QED) is 0.412. The number of nitrogens with two attached hydrogens (primary N) is 2. The van der Waals surface area contributed by atoms with E-state index in [4.69, 9.17) is 0 Å². The van der Waals surface area contributed by atoms with Crippen LogP contribution < -0.4 is 11.5 Å². The van der Waals surface area contributed by atoms with Gasteiger partial charge in [-0.3, -0.25) is 0 Å². The number of rotatable bonds is 11. The number of hydrogen-bond acceptors (Lipinski definition) is 2. The highest BCUT2D eigenvalue weighted by Crippen LogP contribution is 2.64. The molecule has 0 aromatic heterocycles. The largest absolute Gasteiger partial charge is 0.384 e. The van der Waals surface area contributed by atoms with Crippen LogP contribution in [0.15, 0.2) is 0 Å². The van der Waals surface area contributed by atoms with E-state index in [9.17, 15) is 70.2 Å². The average molecular weight is 488 g/mol. The summed E-state index contributed by atoms with van der Waals surface area (Å²) < 4.78 is 213. The van der Waals surface area contributed by atoms with Crippen LogP contribution in [0.25, 0.3) is 0 Å². The van der Waals surface area contributed by atoms with E-state index in [-0.39, 0.29) is 0 Å². The van der Waals surface area contributed by atoms with Crippen molar-refractivity contribution in [1.82, 2.24) is 0 Å². The van der Waals surface area contributed by atoms with Crippen LogP contribution >= 0.6 is 0 Å². The lowest BCUT2D eigenvalue weighted by molar-refractivity contribution is -0.453. The van der Waals surface area contributed by atoms with Crippen molar-refractivity contribution in [1.29, 1.82) is 0 Å². The zero-order valence-corrected chi connectivity index (χ0v) is 14.0. The Hall–Kier alpha value is -1.20. The monoisotopic (exact) mass is 488 g/mol. The van der Waals surface area contributed by atoms with Crippen LogP contribution in [-0.2, 0) is 0 Å². The standard InChI is InChI=1S/C12H12F16N2/c13-5(14,1-3-29)7(17,18)9(21,22)11(25,26)12(27,28)10(23,24)8(19,20)6(15,16)2-4-30/h1-4,29-30H2. The Morgan fingerprint density at radius 3 is 0.667 bits per heavy atom. The maximum absolute atomic E-state index is 13.4. The molecular weight excluding hydrogens is 476 g/mol. The molecule has 0 radical (unpaired) electrons. The summed E-state index contributed by atoms with van der Waals surface area (Å²) in [7, 11) is 0. The molecule has 182 valence electrons. The molecule has 0 spiro atoms. The Morgan fingerprint density at radius 1 is 0.333 bits per heavy atom. The summed E-state index contributed by atoms with van der Waals surface area (Å²) in [5.74, 6) is -60.9. The molecule has 0 amide bonds. The fraction of sp³-hybridized carbons (Fsp3) is 1.00. The molecule has 0 aliphatic heterocycles. The zero-order valence-electron chi connectivity index (χ0n) is 14.0. The first-order valence-corrected chi connectivity index (χ1v) is 7.30. The van der Waals surface area contributed by atoms with Gasteiger partial charge in [0, 0.05) is 12.8 Å². The molecule has 0 heterocycles. The number of halogens is 16. The van der Waals surface area contributed by atoms with Crippen LogP contribution in [0, 0.1) is 0 Å². The molecule has 0 aliphatic rings. The third-order valence-corrected chi connectivity index (χ3v) is 3.81. The SMILES string of the molecule is NCCC(F)(F)C(F)(F)C(F)(F)C(F)(F)C(F)(F)C(F)(F)C(F)(F)C(F)(F)CCN. The Morgan fingerprint density at radius 2 is 0.500 bits per heavy atom. The van der Waals surface area contributed by atoms with Crippen molar-refractivity contribution in [2.24, 2.45) is 11.5 Å². The Balaban J connectivity index is 6.67. The molecule has 0 rings (SSSR count). The van der Waals surface area contributed by atoms with Gasteiger partial charge in [0.1, 0.15) is 0 Å². The van der Waals surface area contributed by atoms with Gasteiger partial charge in [-0.25, -0.2) is 0 Å². The smallest absolute Gasteiger partial charge is 0.330 e. The summed E-state index contributed by atoms with van der Waals surface area (Å²) in [5.41, 5.74) is 8.69. The summed E-state index contributed by atoms with van der Waals surface area (Å²) in [5, 5.41) is 0. The third-order valence-electron chi connectivity index (χ3n) is 3.81. The lowest BCUT2D eigenvalue weighted by Gasteiger charge is -2.43. The van der Waals surface area contributed by atoms with E-state index < -0.39 is 73.3 Å². The second-order valence-corrected chi connectivity index (χ2v) is 5.93. The van der Waals surface area contributed by atoms with E-state index in [0.717, 1.165) is 0 Å². The van der Waals surface area contributed by atoms with Gasteiger partial charge < -0.3 is 11.5 Å². The minimum absolute atomic E-state index is 1.62. The lowest BCUT2D eigenvalue weighted by Crippen LogP contribution is -2.74. The van der Waals surface area contributed by atoms with Crippen LogP contribution in [-0.4, -0.2) is 60.5 Å². The van der Waals surface area contributed by atoms with Crippen molar-refractivity contribution in [3.8, 4) is 0 Å². The highest BCUT2D eigenvalue weighted by Gasteiger charge is 2.94. The molecule has 0 aliphatic carbocycles. The normalized spacial score (nSPS) is 16.2. The molecule has 30 heavy (non-hydrogen) atoms. The van der Waals surface area contributed by atoms with Crippen LogP contribution in [0.3, 0.4) is 0 Å². The van der Waals surface area contributed by atoms with E-state index in [2.05, 4.69) is 11.5 Å². The molecule has 2 nitrogen and oxygen atoms in total. The van der Waals surface area contributed by atoms with E-state index in [1.165, 1.54) is 0 Å². The Labute approximate surface area is 156 Å². The molecule has 0 fully saturated rings. The predicted molar refractivity (Wildman–Crippen MR) is 66.9 cm³/mol. The molecule has 0 aromatic carbocycles. The average Bonchev–Trinajstić information content (AvgIpc) is 2.53. The van der Waals surface area contributed by atoms with Crippen LogP contribution in [0.2, 0.25) is 0 Å². The number of alkyl halides is 16. The Kier molecular flexibility index (Phi) is 7.43. The summed E-state index contributed by atoms with van der Waals surface area (Å²) >= 11 is 0. The summed E-state index contributed by atoms with van der Waals surface area (Å²) in [6, 6.07) is 0. The van der Waals surface area contributed by atoms with Crippen molar-refractivity contribution in [2.75, 3.05) is 13.1 Å². The van der Waals surface area contributed by atoms with Crippen molar-refractivity contribution < 1.29 is 70.2 Å². The fourth-order valence-corrected chi connectivity index (χ4v) is 1.92. The van der Waals surface area contributed by atoms with E-state index in [1.807, 2.05) is 0 Å². The van der Waals surface area contributed by atoms with Crippen molar-refractivity contribution in [2.45, 2.75) is 60.2 Å². The first-order chi connectivity index (χ1) is 12.9. The van der Waals surface area contributed by atoms with Crippen molar-refractivity contribution >= 4 is 0 Å². The van der Waals surface area contributed by atoms with Gasteiger partial charge in [-0.2, -0.15) is 70.2 Å². The van der Waals surface area contributed by atoms with Crippen LogP contribution in [0.1, 0.15) is 12.8 Å². The summed E-state index contributed by atoms with van der Waals surface area (Å²) in [6.45, 7) is -3.25. The fourth-order valence-electron chi connectivity index (χ4n) is 1.92. The third kappa shape index (κ3) is 3.66. The van der Waals surface area contributed by atoms with Gasteiger partial charge in [-0.05, 0) is 13.1 Å². The van der Waals surface area contributed by atoms with Gasteiger partial charge in [0.15, 0.2) is 0 Å². The first kappa shape index (κ1) is 28.8. The second-order valence-electron chi connectivity index (χ2n) is 5.93. The van der Waals surface area contributed by atoms with Crippen molar-refractivity contribution in [3.63, 3.8) is 0 Å². The molecule has 0 saturated heterocycles. The van der Waals surface area contributed by atoms with Gasteiger partial charge >= 0.3 is 47.4 Å². The minimum Gasteiger partial charge on any atom is -0.330 e. The summed E-state index contributed by atoms with van der Waals surface area (Å²) in [6.07, 6.45) is -5.11. The number of hydrogen-bond donors (Lipinski definition) is 2. The first-order valence-electron chi connectivity index (χ1n) is 7.30. The maximum atomic E-state index is 13.4. The highest BCUT2D eigenvalue weighted by atomic mass is 19.4. The summed E-state index contributed by atoms with van der Waals surface area (Å²) in [4.78, 5) is 0. The van der Waals surface area contributed by atoms with Gasteiger partial charge in [-0.1, -0.05) is 0 Å². The molecule has 0 saturated carbocycles. The molecule has 4 N–H and O–H groups in total. The molecule has 0 atom stereocenters. The molecule has 0 aromatic rings. The molecule has 18 heteroatoms. The van der Waals surface area contributed by atoms with Gasteiger partial charge in [0.2, 0.25) is 0 Å². The van der Waals surface area contributed by atoms with Crippen LogP contribution in [0.5, 0.6) is 0 Å². The van der Waals surface area contributed by atoms with Crippen molar-refractivity contribution in [3.05, 3.63) is 0 Å². The molecule has 0 bridgehead atoms. The highest BCUT2D eigenvalue weighted by molar-refractivity contribution is 5.15. The van der Waals surface area contributed by atoms with Crippen LogP contribution in [0.4, 0.5) is 70.2 Å².